The Labute approximate surface area is 142 Å². The Hall–Kier alpha value is -2.27. The van der Waals surface area contributed by atoms with E-state index in [1.807, 2.05) is 6.07 Å². The molecule has 3 atom stereocenters. The number of hydrogen-bond acceptors (Lipinski definition) is 6. The Kier molecular flexibility index (Phi) is 2.81. The fourth-order valence-corrected chi connectivity index (χ4v) is 4.11. The van der Waals surface area contributed by atoms with Crippen LogP contribution >= 0.6 is 11.6 Å². The summed E-state index contributed by atoms with van der Waals surface area (Å²) in [6.07, 6.45) is 0.863. The van der Waals surface area contributed by atoms with Crippen LogP contribution in [-0.2, 0) is 15.9 Å². The summed E-state index contributed by atoms with van der Waals surface area (Å²) in [6, 6.07) is 3.29. The quantitative estimate of drug-likeness (QED) is 0.727. The molecule has 7 nitrogen and oxygen atoms in total. The molecule has 1 saturated heterocycles. The van der Waals surface area contributed by atoms with E-state index in [0.29, 0.717) is 23.2 Å². The Morgan fingerprint density at radius 3 is 2.67 bits per heavy atom. The van der Waals surface area contributed by atoms with Crippen molar-refractivity contribution in [1.82, 2.24) is 9.55 Å². The van der Waals surface area contributed by atoms with Crippen LogP contribution in [0.4, 0.5) is 0 Å². The number of aromatic hydroxyl groups is 2. The molecule has 2 aliphatic heterocycles. The van der Waals surface area contributed by atoms with Crippen LogP contribution in [0.3, 0.4) is 0 Å². The van der Waals surface area contributed by atoms with Gasteiger partial charge in [-0.3, -0.25) is 0 Å². The highest BCUT2D eigenvalue weighted by atomic mass is 35.5. The summed E-state index contributed by atoms with van der Waals surface area (Å²) < 4.78 is 7.11. The number of aliphatic hydroxyl groups is 1. The second-order valence-corrected chi connectivity index (χ2v) is 6.94. The minimum Gasteiger partial charge on any atom is -0.494 e. The van der Waals surface area contributed by atoms with Gasteiger partial charge in [0.2, 0.25) is 11.8 Å². The maximum absolute atomic E-state index is 10.7. The molecule has 0 aromatic carbocycles. The lowest BCUT2D eigenvalue weighted by Gasteiger charge is -2.25. The van der Waals surface area contributed by atoms with Crippen molar-refractivity contribution in [2.75, 3.05) is 0 Å². The van der Waals surface area contributed by atoms with Crippen LogP contribution in [0, 0.1) is 11.3 Å². The number of hydrogen-bond donors (Lipinski definition) is 3. The standard InChI is InChI=1S/C16H14ClN3O4/c1-15-4-10(21)16(2,24-15)12-11(15)13(22)20(14(12)23)7-3-8(17)9(5-18)19-6-7/h3,6,10,21-23H,4H2,1-2H3/t10-,15+,16-/m1/s1. The molecule has 0 aliphatic carbocycles. The number of halogens is 1. The summed E-state index contributed by atoms with van der Waals surface area (Å²) in [5.41, 5.74) is -0.808. The fourth-order valence-electron chi connectivity index (χ4n) is 3.91. The molecule has 0 saturated carbocycles. The summed E-state index contributed by atoms with van der Waals surface area (Å²) >= 11 is 6.00. The summed E-state index contributed by atoms with van der Waals surface area (Å²) in [7, 11) is 0. The highest BCUT2D eigenvalue weighted by Crippen LogP contribution is 2.64. The number of ether oxygens (including phenoxy) is 1. The van der Waals surface area contributed by atoms with Gasteiger partial charge in [0.05, 0.1) is 39.7 Å². The van der Waals surface area contributed by atoms with Gasteiger partial charge >= 0.3 is 0 Å². The first-order valence-corrected chi connectivity index (χ1v) is 7.72. The van der Waals surface area contributed by atoms with E-state index in [9.17, 15) is 15.3 Å². The average Bonchev–Trinajstić information content (AvgIpc) is 3.01. The lowest BCUT2D eigenvalue weighted by atomic mass is 9.78. The van der Waals surface area contributed by atoms with Crippen LogP contribution < -0.4 is 0 Å². The van der Waals surface area contributed by atoms with E-state index in [-0.39, 0.29) is 22.5 Å². The first-order valence-electron chi connectivity index (χ1n) is 7.35. The van der Waals surface area contributed by atoms with Crippen molar-refractivity contribution in [3.05, 3.63) is 34.1 Å². The molecular weight excluding hydrogens is 334 g/mol. The van der Waals surface area contributed by atoms with Gasteiger partial charge < -0.3 is 20.1 Å². The van der Waals surface area contributed by atoms with Crippen molar-refractivity contribution in [3.63, 3.8) is 0 Å². The Bertz CT molecular complexity index is 934. The first kappa shape index (κ1) is 15.3. The third kappa shape index (κ3) is 1.60. The second kappa shape index (κ2) is 4.42. The van der Waals surface area contributed by atoms with Crippen LogP contribution in [0.25, 0.3) is 5.69 Å². The molecule has 4 rings (SSSR count). The smallest absolute Gasteiger partial charge is 0.205 e. The number of nitrogens with zero attached hydrogens (tertiary/aromatic N) is 3. The molecule has 2 aliphatic rings. The van der Waals surface area contributed by atoms with E-state index < -0.39 is 17.3 Å². The molecule has 4 heterocycles. The summed E-state index contributed by atoms with van der Waals surface area (Å²) in [4.78, 5) is 3.92. The van der Waals surface area contributed by atoms with Crippen molar-refractivity contribution in [3.8, 4) is 23.5 Å². The topological polar surface area (TPSA) is 112 Å². The molecule has 124 valence electrons. The molecule has 0 amide bonds. The SMILES string of the molecule is C[C@@]12O[C@@](C)(C[C@H]1O)c1c2c(O)n(-c2cnc(C#N)c(Cl)c2)c1O. The van der Waals surface area contributed by atoms with Gasteiger partial charge in [-0.1, -0.05) is 11.6 Å². The molecule has 8 heteroatoms. The van der Waals surface area contributed by atoms with Gasteiger partial charge in [-0.05, 0) is 19.9 Å². The largest absolute Gasteiger partial charge is 0.494 e. The van der Waals surface area contributed by atoms with Gasteiger partial charge in [-0.15, -0.1) is 0 Å². The summed E-state index contributed by atoms with van der Waals surface area (Å²) in [6.45, 7) is 3.45. The number of pyridine rings is 1. The molecule has 0 spiro atoms. The summed E-state index contributed by atoms with van der Waals surface area (Å²) in [5.74, 6) is -0.432. The Balaban J connectivity index is 1.98. The average molecular weight is 348 g/mol. The van der Waals surface area contributed by atoms with E-state index in [1.54, 1.807) is 13.8 Å². The van der Waals surface area contributed by atoms with Gasteiger partial charge in [0, 0.05) is 6.42 Å². The predicted molar refractivity (Wildman–Crippen MR) is 83.0 cm³/mol. The van der Waals surface area contributed by atoms with E-state index in [1.165, 1.54) is 16.8 Å². The maximum Gasteiger partial charge on any atom is 0.205 e. The van der Waals surface area contributed by atoms with Crippen molar-refractivity contribution in [2.45, 2.75) is 37.6 Å². The van der Waals surface area contributed by atoms with Crippen LogP contribution in [0.1, 0.15) is 37.1 Å². The normalized spacial score (nSPS) is 30.4. The lowest BCUT2D eigenvalue weighted by Crippen LogP contribution is -2.32. The molecule has 0 radical (unpaired) electrons. The monoisotopic (exact) mass is 347 g/mol. The first-order chi connectivity index (χ1) is 11.2. The molecule has 3 N–H and O–H groups in total. The van der Waals surface area contributed by atoms with Crippen molar-refractivity contribution < 1.29 is 20.1 Å². The van der Waals surface area contributed by atoms with E-state index >= 15 is 0 Å². The zero-order valence-electron chi connectivity index (χ0n) is 12.9. The van der Waals surface area contributed by atoms with E-state index in [0.717, 1.165) is 0 Å². The maximum atomic E-state index is 10.7. The van der Waals surface area contributed by atoms with Crippen molar-refractivity contribution in [2.24, 2.45) is 0 Å². The van der Waals surface area contributed by atoms with Crippen molar-refractivity contribution >= 4 is 11.6 Å². The van der Waals surface area contributed by atoms with Crippen LogP contribution in [-0.4, -0.2) is 31.0 Å². The number of aromatic nitrogens is 2. The third-order valence-corrected chi connectivity index (χ3v) is 5.28. The number of aliphatic hydroxyl groups excluding tert-OH is 1. The molecule has 24 heavy (non-hydrogen) atoms. The second-order valence-electron chi connectivity index (χ2n) is 6.53. The van der Waals surface area contributed by atoms with Crippen LogP contribution in [0.15, 0.2) is 12.3 Å². The third-order valence-electron chi connectivity index (χ3n) is 4.99. The summed E-state index contributed by atoms with van der Waals surface area (Å²) in [5, 5.41) is 40.7. The molecule has 0 unspecified atom stereocenters. The zero-order chi connectivity index (χ0) is 17.4. The van der Waals surface area contributed by atoms with Crippen LogP contribution in [0.2, 0.25) is 5.02 Å². The van der Waals surface area contributed by atoms with Gasteiger partial charge in [0.1, 0.15) is 11.7 Å². The highest BCUT2D eigenvalue weighted by Gasteiger charge is 2.64. The van der Waals surface area contributed by atoms with E-state index in [4.69, 9.17) is 21.6 Å². The van der Waals surface area contributed by atoms with Gasteiger partial charge in [0.25, 0.3) is 0 Å². The fraction of sp³-hybridized carbons (Fsp3) is 0.375. The lowest BCUT2D eigenvalue weighted by molar-refractivity contribution is -0.0936. The van der Waals surface area contributed by atoms with Gasteiger partial charge in [0.15, 0.2) is 5.69 Å². The Morgan fingerprint density at radius 2 is 2.04 bits per heavy atom. The molecule has 2 bridgehead atoms. The number of nitriles is 1. The predicted octanol–water partition coefficient (Wildman–Crippen LogP) is 2.03. The molecule has 1 fully saturated rings. The van der Waals surface area contributed by atoms with Crippen molar-refractivity contribution in [1.29, 1.82) is 5.26 Å². The molecule has 2 aromatic heterocycles. The highest BCUT2D eigenvalue weighted by molar-refractivity contribution is 6.31. The minimum atomic E-state index is -1.10. The molecular formula is C16H14ClN3O4. The minimum absolute atomic E-state index is 0.0526. The van der Waals surface area contributed by atoms with Gasteiger partial charge in [-0.25, -0.2) is 9.55 Å². The zero-order valence-corrected chi connectivity index (χ0v) is 13.7. The molecule has 2 aromatic rings. The number of fused-ring (bicyclic) bond motifs is 5. The Morgan fingerprint density at radius 1 is 1.38 bits per heavy atom. The van der Waals surface area contributed by atoms with Gasteiger partial charge in [-0.2, -0.15) is 5.26 Å². The van der Waals surface area contributed by atoms with E-state index in [2.05, 4.69) is 4.98 Å². The van der Waals surface area contributed by atoms with Crippen LogP contribution in [0.5, 0.6) is 11.8 Å². The number of rotatable bonds is 1.